The van der Waals surface area contributed by atoms with Crippen molar-refractivity contribution in [2.75, 3.05) is 6.54 Å². The van der Waals surface area contributed by atoms with E-state index >= 15 is 0 Å². The number of hydrogen-bond donors (Lipinski definition) is 1. The van der Waals surface area contributed by atoms with Crippen LogP contribution < -0.4 is 0 Å². The number of hydrogen-bond acceptors (Lipinski definition) is 3. The highest BCUT2D eigenvalue weighted by Crippen LogP contribution is 2.32. The average molecular weight is 350 g/mol. The van der Waals surface area contributed by atoms with Crippen LogP contribution >= 0.6 is 11.6 Å². The molecule has 2 atom stereocenters. The number of sulfonamides is 1. The molecular weight excluding hydrogens is 333 g/mol. The Morgan fingerprint density at radius 3 is 2.64 bits per heavy atom. The Morgan fingerprint density at radius 1 is 1.41 bits per heavy atom. The predicted octanol–water partition coefficient (Wildman–Crippen LogP) is 2.66. The van der Waals surface area contributed by atoms with E-state index in [1.165, 1.54) is 13.0 Å². The van der Waals surface area contributed by atoms with Gasteiger partial charge in [0.05, 0.1) is 10.9 Å². The number of aryl methyl sites for hydroxylation is 1. The number of nitrogens with zero attached hydrogens (tertiary/aromatic N) is 1. The second-order valence-corrected chi connectivity index (χ2v) is 7.83. The molecule has 0 spiro atoms. The number of carboxylic acid groups (broad SMARTS) is 1. The molecule has 0 amide bonds. The molecule has 5 nitrogen and oxygen atoms in total. The zero-order valence-electron chi connectivity index (χ0n) is 12.2. The van der Waals surface area contributed by atoms with Crippen LogP contribution in [0.5, 0.6) is 0 Å². The van der Waals surface area contributed by atoms with Crippen LogP contribution in [0.4, 0.5) is 4.39 Å². The molecule has 2 rings (SSSR count). The van der Waals surface area contributed by atoms with Crippen LogP contribution in [0.25, 0.3) is 0 Å². The molecule has 8 heteroatoms. The quantitative estimate of drug-likeness (QED) is 0.910. The summed E-state index contributed by atoms with van der Waals surface area (Å²) in [6.45, 7) is 3.07. The Labute approximate surface area is 133 Å². The lowest BCUT2D eigenvalue weighted by Crippen LogP contribution is -2.47. The SMILES string of the molecule is Cc1cc(S(=O)(=O)N2CC(C(=O)O)CCC2C)c(Cl)cc1F. The van der Waals surface area contributed by atoms with E-state index in [9.17, 15) is 17.6 Å². The lowest BCUT2D eigenvalue weighted by atomic mass is 9.96. The Morgan fingerprint density at radius 2 is 2.05 bits per heavy atom. The molecule has 122 valence electrons. The third kappa shape index (κ3) is 3.11. The van der Waals surface area contributed by atoms with Gasteiger partial charge in [-0.2, -0.15) is 4.31 Å². The van der Waals surface area contributed by atoms with E-state index in [-0.39, 0.29) is 28.1 Å². The molecule has 0 radical (unpaired) electrons. The lowest BCUT2D eigenvalue weighted by molar-refractivity contribution is -0.143. The molecule has 0 aromatic heterocycles. The van der Waals surface area contributed by atoms with E-state index in [1.807, 2.05) is 0 Å². The zero-order valence-corrected chi connectivity index (χ0v) is 13.8. The van der Waals surface area contributed by atoms with Gasteiger partial charge in [0.25, 0.3) is 0 Å². The standard InChI is InChI=1S/C14H17ClFNO4S/c1-8-5-13(11(15)6-12(8)16)22(20,21)17-7-10(14(18)19)4-3-9(17)2/h5-6,9-10H,3-4,7H2,1-2H3,(H,18,19). The number of aliphatic carboxylic acids is 1. The van der Waals surface area contributed by atoms with E-state index in [0.717, 1.165) is 10.4 Å². The minimum Gasteiger partial charge on any atom is -0.481 e. The van der Waals surface area contributed by atoms with Crippen LogP contribution in [0.2, 0.25) is 5.02 Å². The summed E-state index contributed by atoms with van der Waals surface area (Å²) in [5, 5.41) is 8.92. The van der Waals surface area contributed by atoms with Gasteiger partial charge in [0.15, 0.2) is 0 Å². The van der Waals surface area contributed by atoms with Crippen LogP contribution in [0.1, 0.15) is 25.3 Å². The van der Waals surface area contributed by atoms with Gasteiger partial charge < -0.3 is 5.11 Å². The zero-order chi connectivity index (χ0) is 16.7. The second kappa shape index (κ2) is 6.14. The minimum absolute atomic E-state index is 0.106. The van der Waals surface area contributed by atoms with Crippen molar-refractivity contribution in [1.29, 1.82) is 0 Å². The summed E-state index contributed by atoms with van der Waals surface area (Å²) in [6, 6.07) is 1.82. The van der Waals surface area contributed by atoms with Crippen LogP contribution in [0, 0.1) is 18.7 Å². The van der Waals surface area contributed by atoms with E-state index in [2.05, 4.69) is 0 Å². The molecule has 1 aliphatic rings. The molecule has 0 aliphatic carbocycles. The maximum atomic E-state index is 13.5. The first kappa shape index (κ1) is 17.2. The summed E-state index contributed by atoms with van der Waals surface area (Å²) in [5.41, 5.74) is 0.169. The Hall–Kier alpha value is -1.18. The molecule has 2 unspecified atom stereocenters. The van der Waals surface area contributed by atoms with Gasteiger partial charge in [-0.25, -0.2) is 12.8 Å². The maximum absolute atomic E-state index is 13.5. The molecule has 1 aliphatic heterocycles. The minimum atomic E-state index is -3.98. The van der Waals surface area contributed by atoms with Crippen molar-refractivity contribution >= 4 is 27.6 Å². The number of piperidine rings is 1. The Kier molecular flexibility index (Phi) is 4.79. The highest BCUT2D eigenvalue weighted by Gasteiger charge is 2.38. The fraction of sp³-hybridized carbons (Fsp3) is 0.500. The second-order valence-electron chi connectivity index (χ2n) is 5.57. The van der Waals surface area contributed by atoms with E-state index < -0.39 is 27.7 Å². The summed E-state index contributed by atoms with van der Waals surface area (Å²) < 4.78 is 40.2. The Balaban J connectivity index is 2.45. The highest BCUT2D eigenvalue weighted by molar-refractivity contribution is 7.89. The normalized spacial score (nSPS) is 23.5. The van der Waals surface area contributed by atoms with Gasteiger partial charge in [-0.15, -0.1) is 0 Å². The van der Waals surface area contributed by atoms with Gasteiger partial charge in [-0.1, -0.05) is 11.6 Å². The molecule has 1 aromatic rings. The molecule has 0 saturated carbocycles. The smallest absolute Gasteiger partial charge is 0.307 e. The van der Waals surface area contributed by atoms with Crippen molar-refractivity contribution in [2.24, 2.45) is 5.92 Å². The predicted molar refractivity (Wildman–Crippen MR) is 79.9 cm³/mol. The summed E-state index contributed by atoms with van der Waals surface area (Å²) in [7, 11) is -3.98. The summed E-state index contributed by atoms with van der Waals surface area (Å²) in [5.74, 6) is -2.35. The number of carbonyl (C=O) groups is 1. The number of rotatable bonds is 3. The number of carboxylic acids is 1. The largest absolute Gasteiger partial charge is 0.481 e. The van der Waals surface area contributed by atoms with Crippen LogP contribution in [-0.4, -0.2) is 36.4 Å². The molecule has 0 bridgehead atoms. The third-order valence-corrected chi connectivity index (χ3v) is 6.42. The topological polar surface area (TPSA) is 74.7 Å². The summed E-state index contributed by atoms with van der Waals surface area (Å²) >= 11 is 5.89. The molecule has 1 aromatic carbocycles. The van der Waals surface area contributed by atoms with Gasteiger partial charge in [-0.3, -0.25) is 4.79 Å². The molecule has 1 fully saturated rings. The van der Waals surface area contributed by atoms with Crippen molar-refractivity contribution in [2.45, 2.75) is 37.6 Å². The highest BCUT2D eigenvalue weighted by atomic mass is 35.5. The number of halogens is 2. The van der Waals surface area contributed by atoms with E-state index in [1.54, 1.807) is 6.92 Å². The van der Waals surface area contributed by atoms with Crippen molar-refractivity contribution in [1.82, 2.24) is 4.31 Å². The average Bonchev–Trinajstić information content (AvgIpc) is 2.42. The van der Waals surface area contributed by atoms with Crippen LogP contribution in [-0.2, 0) is 14.8 Å². The van der Waals surface area contributed by atoms with Gasteiger partial charge in [0.2, 0.25) is 10.0 Å². The third-order valence-electron chi connectivity index (χ3n) is 3.97. The van der Waals surface area contributed by atoms with Gasteiger partial charge in [-0.05, 0) is 44.4 Å². The molecule has 1 heterocycles. The van der Waals surface area contributed by atoms with Gasteiger partial charge >= 0.3 is 5.97 Å². The number of benzene rings is 1. The van der Waals surface area contributed by atoms with Crippen molar-refractivity contribution in [3.63, 3.8) is 0 Å². The fourth-order valence-electron chi connectivity index (χ4n) is 2.57. The monoisotopic (exact) mass is 349 g/mol. The first-order chi connectivity index (χ1) is 10.1. The van der Waals surface area contributed by atoms with E-state index in [0.29, 0.717) is 12.8 Å². The van der Waals surface area contributed by atoms with E-state index in [4.69, 9.17) is 16.7 Å². The summed E-state index contributed by atoms with van der Waals surface area (Å²) in [6.07, 6.45) is 0.882. The van der Waals surface area contributed by atoms with Gasteiger partial charge in [0.1, 0.15) is 10.7 Å². The first-order valence-corrected chi connectivity index (χ1v) is 8.66. The maximum Gasteiger partial charge on any atom is 0.307 e. The van der Waals surface area contributed by atoms with Crippen molar-refractivity contribution in [3.05, 3.63) is 28.5 Å². The van der Waals surface area contributed by atoms with Crippen molar-refractivity contribution in [3.8, 4) is 0 Å². The lowest BCUT2D eigenvalue weighted by Gasteiger charge is -2.35. The molecule has 1 N–H and O–H groups in total. The van der Waals surface area contributed by atoms with Crippen molar-refractivity contribution < 1.29 is 22.7 Å². The molecule has 1 saturated heterocycles. The van der Waals surface area contributed by atoms with Crippen LogP contribution in [0.15, 0.2) is 17.0 Å². The Bertz CT molecular complexity index is 707. The fourth-order valence-corrected chi connectivity index (χ4v) is 4.85. The van der Waals surface area contributed by atoms with Crippen LogP contribution in [0.3, 0.4) is 0 Å². The first-order valence-electron chi connectivity index (χ1n) is 6.85. The summed E-state index contributed by atoms with van der Waals surface area (Å²) in [4.78, 5) is 10.9. The molecular formula is C14H17ClFNO4S. The van der Waals surface area contributed by atoms with Gasteiger partial charge in [0, 0.05) is 12.6 Å². The molecule has 22 heavy (non-hydrogen) atoms.